The van der Waals surface area contributed by atoms with Crippen LogP contribution in [-0.2, 0) is 10.2 Å². The van der Waals surface area contributed by atoms with E-state index in [0.29, 0.717) is 5.92 Å². The fourth-order valence-corrected chi connectivity index (χ4v) is 3.63. The molecule has 15 heavy (non-hydrogen) atoms. The van der Waals surface area contributed by atoms with E-state index in [9.17, 15) is 5.11 Å². The summed E-state index contributed by atoms with van der Waals surface area (Å²) in [6.07, 6.45) is 1.01. The minimum absolute atomic E-state index is 0.0990. The van der Waals surface area contributed by atoms with Crippen LogP contribution < -0.4 is 0 Å². The number of hydrogen-bond acceptors (Lipinski definition) is 3. The van der Waals surface area contributed by atoms with Crippen molar-refractivity contribution in [1.29, 1.82) is 0 Å². The van der Waals surface area contributed by atoms with Crippen molar-refractivity contribution < 1.29 is 9.84 Å². The number of hydrogen-bond donors (Lipinski definition) is 1. The van der Waals surface area contributed by atoms with Crippen LogP contribution in [0.5, 0.6) is 0 Å². The summed E-state index contributed by atoms with van der Waals surface area (Å²) in [6.45, 7) is 6.10. The van der Waals surface area contributed by atoms with Gasteiger partial charge >= 0.3 is 0 Å². The smallest absolute Gasteiger partial charge is 0.0597 e. The number of aliphatic hydroxyl groups excluding tert-OH is 1. The molecule has 1 atom stereocenters. The zero-order valence-corrected chi connectivity index (χ0v) is 10.1. The van der Waals surface area contributed by atoms with Crippen LogP contribution in [0.15, 0.2) is 11.4 Å². The molecular weight excluding hydrogens is 208 g/mol. The van der Waals surface area contributed by atoms with E-state index in [0.717, 1.165) is 19.6 Å². The van der Waals surface area contributed by atoms with Crippen LogP contribution in [0.3, 0.4) is 0 Å². The lowest BCUT2D eigenvalue weighted by Gasteiger charge is -2.46. The molecule has 1 aliphatic rings. The Morgan fingerprint density at radius 3 is 2.67 bits per heavy atom. The van der Waals surface area contributed by atoms with Gasteiger partial charge in [-0.2, -0.15) is 0 Å². The molecule has 1 N–H and O–H groups in total. The fraction of sp³-hybridized carbons (Fsp3) is 0.667. The molecular formula is C12H18O2S. The molecule has 2 nitrogen and oxygen atoms in total. The van der Waals surface area contributed by atoms with Gasteiger partial charge in [-0.15, -0.1) is 11.3 Å². The highest BCUT2D eigenvalue weighted by molar-refractivity contribution is 7.10. The molecule has 1 aromatic heterocycles. The predicted octanol–water partition coefficient (Wildman–Crippen LogP) is 2.34. The van der Waals surface area contributed by atoms with Crippen molar-refractivity contribution in [1.82, 2.24) is 0 Å². The van der Waals surface area contributed by atoms with Crippen LogP contribution in [-0.4, -0.2) is 24.9 Å². The average molecular weight is 226 g/mol. The van der Waals surface area contributed by atoms with Gasteiger partial charge < -0.3 is 9.84 Å². The Hall–Kier alpha value is -0.380. The SMILES string of the molecule is CCC(CO)C1(c2sccc2C)COC1. The van der Waals surface area contributed by atoms with Gasteiger partial charge in [0.2, 0.25) is 0 Å². The Kier molecular flexibility index (Phi) is 3.14. The molecule has 2 heterocycles. The number of aryl methyl sites for hydroxylation is 1. The molecule has 0 saturated carbocycles. The van der Waals surface area contributed by atoms with Crippen molar-refractivity contribution in [3.8, 4) is 0 Å². The maximum absolute atomic E-state index is 9.47. The van der Waals surface area contributed by atoms with Crippen molar-refractivity contribution in [2.75, 3.05) is 19.8 Å². The summed E-state index contributed by atoms with van der Waals surface area (Å²) in [5.74, 6) is 0.337. The Balaban J connectivity index is 2.33. The van der Waals surface area contributed by atoms with E-state index >= 15 is 0 Å². The van der Waals surface area contributed by atoms with Gasteiger partial charge in [0.25, 0.3) is 0 Å². The van der Waals surface area contributed by atoms with E-state index in [1.807, 2.05) is 0 Å². The first-order valence-electron chi connectivity index (χ1n) is 5.47. The summed E-state index contributed by atoms with van der Waals surface area (Å²) >= 11 is 1.80. The van der Waals surface area contributed by atoms with Gasteiger partial charge in [-0.25, -0.2) is 0 Å². The van der Waals surface area contributed by atoms with E-state index in [1.54, 1.807) is 11.3 Å². The summed E-state index contributed by atoms with van der Waals surface area (Å²) in [5.41, 5.74) is 1.44. The van der Waals surface area contributed by atoms with Gasteiger partial charge in [-0.05, 0) is 29.9 Å². The lowest BCUT2D eigenvalue weighted by molar-refractivity contribution is -0.0995. The van der Waals surface area contributed by atoms with E-state index in [-0.39, 0.29) is 12.0 Å². The Bertz CT molecular complexity index is 324. The maximum atomic E-state index is 9.47. The van der Waals surface area contributed by atoms with Crippen molar-refractivity contribution in [2.24, 2.45) is 5.92 Å². The van der Waals surface area contributed by atoms with Crippen LogP contribution in [0.1, 0.15) is 23.8 Å². The van der Waals surface area contributed by atoms with Gasteiger partial charge in [-0.3, -0.25) is 0 Å². The van der Waals surface area contributed by atoms with Gasteiger partial charge in [0.1, 0.15) is 0 Å². The quantitative estimate of drug-likeness (QED) is 0.854. The Morgan fingerprint density at radius 2 is 2.33 bits per heavy atom. The summed E-state index contributed by atoms with van der Waals surface area (Å²) < 4.78 is 5.40. The summed E-state index contributed by atoms with van der Waals surface area (Å²) in [7, 11) is 0. The lowest BCUT2D eigenvalue weighted by Crippen LogP contribution is -2.53. The highest BCUT2D eigenvalue weighted by atomic mass is 32.1. The first-order chi connectivity index (χ1) is 7.24. The van der Waals surface area contributed by atoms with Crippen LogP contribution in [0.4, 0.5) is 0 Å². The maximum Gasteiger partial charge on any atom is 0.0597 e. The van der Waals surface area contributed by atoms with Gasteiger partial charge in [0, 0.05) is 11.5 Å². The number of ether oxygens (including phenoxy) is 1. The van der Waals surface area contributed by atoms with Crippen molar-refractivity contribution in [3.63, 3.8) is 0 Å². The normalized spacial score (nSPS) is 21.0. The minimum atomic E-state index is 0.0990. The minimum Gasteiger partial charge on any atom is -0.396 e. The third-order valence-electron chi connectivity index (χ3n) is 3.53. The molecule has 1 fully saturated rings. The highest BCUT2D eigenvalue weighted by Gasteiger charge is 2.47. The fourth-order valence-electron chi connectivity index (χ4n) is 2.45. The monoisotopic (exact) mass is 226 g/mol. The Morgan fingerprint density at radius 1 is 1.60 bits per heavy atom. The lowest BCUT2D eigenvalue weighted by atomic mass is 9.70. The number of rotatable bonds is 4. The molecule has 1 saturated heterocycles. The molecule has 1 aromatic rings. The standard InChI is InChI=1S/C12H18O2S/c1-3-10(6-13)12(7-14-8-12)11-9(2)4-5-15-11/h4-5,10,13H,3,6-8H2,1-2H3. The second kappa shape index (κ2) is 4.24. The predicted molar refractivity (Wildman–Crippen MR) is 62.4 cm³/mol. The van der Waals surface area contributed by atoms with Gasteiger partial charge in [-0.1, -0.05) is 13.3 Å². The molecule has 0 amide bonds. The molecule has 3 heteroatoms. The number of thiophene rings is 1. The zero-order chi connectivity index (χ0) is 10.9. The van der Waals surface area contributed by atoms with Crippen molar-refractivity contribution in [2.45, 2.75) is 25.7 Å². The van der Waals surface area contributed by atoms with E-state index in [4.69, 9.17) is 4.74 Å². The van der Waals surface area contributed by atoms with Gasteiger partial charge in [0.15, 0.2) is 0 Å². The average Bonchev–Trinajstić information content (AvgIpc) is 2.58. The molecule has 0 radical (unpaired) electrons. The Labute approximate surface area is 94.9 Å². The third kappa shape index (κ3) is 1.63. The zero-order valence-electron chi connectivity index (χ0n) is 9.32. The second-order valence-electron chi connectivity index (χ2n) is 4.37. The van der Waals surface area contributed by atoms with E-state index in [1.165, 1.54) is 10.4 Å². The molecule has 1 aliphatic heterocycles. The van der Waals surface area contributed by atoms with Crippen LogP contribution in [0.2, 0.25) is 0 Å². The molecule has 84 valence electrons. The van der Waals surface area contributed by atoms with Crippen LogP contribution >= 0.6 is 11.3 Å². The highest BCUT2D eigenvalue weighted by Crippen LogP contribution is 2.44. The summed E-state index contributed by atoms with van der Waals surface area (Å²) in [5, 5.41) is 11.6. The number of aliphatic hydroxyl groups is 1. The molecule has 0 aliphatic carbocycles. The molecule has 1 unspecified atom stereocenters. The first-order valence-corrected chi connectivity index (χ1v) is 6.35. The van der Waals surface area contributed by atoms with Gasteiger partial charge in [0.05, 0.1) is 18.6 Å². The first kappa shape index (κ1) is 11.1. The topological polar surface area (TPSA) is 29.5 Å². The van der Waals surface area contributed by atoms with Crippen molar-refractivity contribution >= 4 is 11.3 Å². The third-order valence-corrected chi connectivity index (χ3v) is 4.76. The van der Waals surface area contributed by atoms with Crippen LogP contribution in [0, 0.1) is 12.8 Å². The molecule has 2 rings (SSSR count). The molecule has 0 spiro atoms. The largest absolute Gasteiger partial charge is 0.396 e. The molecule has 0 bridgehead atoms. The second-order valence-corrected chi connectivity index (χ2v) is 5.29. The summed E-state index contributed by atoms with van der Waals surface area (Å²) in [6, 6.07) is 2.16. The van der Waals surface area contributed by atoms with E-state index < -0.39 is 0 Å². The van der Waals surface area contributed by atoms with Crippen LogP contribution in [0.25, 0.3) is 0 Å². The van der Waals surface area contributed by atoms with E-state index in [2.05, 4.69) is 25.3 Å². The summed E-state index contributed by atoms with van der Waals surface area (Å²) in [4.78, 5) is 1.41. The molecule has 0 aromatic carbocycles. The van der Waals surface area contributed by atoms with Crippen molar-refractivity contribution in [3.05, 3.63) is 21.9 Å².